The fourth-order valence-corrected chi connectivity index (χ4v) is 4.89. The lowest BCUT2D eigenvalue weighted by molar-refractivity contribution is 0.148. The first kappa shape index (κ1) is 22.6. The van der Waals surface area contributed by atoms with E-state index in [1.807, 2.05) is 12.1 Å². The molecule has 1 aliphatic rings. The molecule has 34 heavy (non-hydrogen) atoms. The first-order valence-corrected chi connectivity index (χ1v) is 11.9. The molecule has 1 saturated heterocycles. The second-order valence-corrected chi connectivity index (χ2v) is 9.33. The number of rotatable bonds is 6. The number of nitrogens with zero attached hydrogens (tertiary/aromatic N) is 5. The van der Waals surface area contributed by atoms with Gasteiger partial charge in [-0.25, -0.2) is 23.7 Å². The van der Waals surface area contributed by atoms with Gasteiger partial charge in [0.05, 0.1) is 0 Å². The van der Waals surface area contributed by atoms with Crippen molar-refractivity contribution < 1.29 is 8.78 Å². The quantitative estimate of drug-likeness (QED) is 0.418. The maximum absolute atomic E-state index is 14.6. The van der Waals surface area contributed by atoms with Crippen molar-refractivity contribution in [3.05, 3.63) is 59.8 Å². The minimum absolute atomic E-state index is 0.273. The molecule has 7 nitrogen and oxygen atoms in total. The molecule has 0 radical (unpaired) electrons. The van der Waals surface area contributed by atoms with Gasteiger partial charge in [0.2, 0.25) is 0 Å². The molecular formula is C24H25F2N7S. The highest BCUT2D eigenvalue weighted by atomic mass is 32.1. The van der Waals surface area contributed by atoms with E-state index in [0.717, 1.165) is 38.8 Å². The lowest BCUT2D eigenvalue weighted by Gasteiger charge is -2.32. The largest absolute Gasteiger partial charge is 0.373 e. The predicted molar refractivity (Wildman–Crippen MR) is 133 cm³/mol. The van der Waals surface area contributed by atoms with Gasteiger partial charge in [-0.3, -0.25) is 4.90 Å². The second kappa shape index (κ2) is 9.57. The predicted octanol–water partition coefficient (Wildman–Crippen LogP) is 4.56. The SMILES string of the molecule is CNc1cc(-c2ccc(F)cc2F)c2nc(Nc3cc(CN4CCN(C)CC4)ccn3)sc2n1. The van der Waals surface area contributed by atoms with Gasteiger partial charge in [-0.1, -0.05) is 11.3 Å². The van der Waals surface area contributed by atoms with Crippen molar-refractivity contribution in [3.63, 3.8) is 0 Å². The highest BCUT2D eigenvalue weighted by Crippen LogP contribution is 2.36. The van der Waals surface area contributed by atoms with Gasteiger partial charge < -0.3 is 15.5 Å². The number of piperazine rings is 1. The summed E-state index contributed by atoms with van der Waals surface area (Å²) in [4.78, 5) is 19.1. The van der Waals surface area contributed by atoms with Gasteiger partial charge in [0.15, 0.2) is 5.13 Å². The maximum Gasteiger partial charge on any atom is 0.190 e. The van der Waals surface area contributed by atoms with E-state index in [2.05, 4.69) is 42.4 Å². The van der Waals surface area contributed by atoms with Crippen molar-refractivity contribution in [2.75, 3.05) is 50.9 Å². The van der Waals surface area contributed by atoms with Crippen molar-refractivity contribution in [1.29, 1.82) is 0 Å². The van der Waals surface area contributed by atoms with E-state index in [4.69, 9.17) is 0 Å². The van der Waals surface area contributed by atoms with Crippen molar-refractivity contribution >= 4 is 38.5 Å². The lowest BCUT2D eigenvalue weighted by atomic mass is 10.1. The number of halogens is 2. The van der Waals surface area contributed by atoms with E-state index in [0.29, 0.717) is 32.7 Å². The molecule has 0 unspecified atom stereocenters. The van der Waals surface area contributed by atoms with E-state index in [1.165, 1.54) is 29.0 Å². The summed E-state index contributed by atoms with van der Waals surface area (Å²) in [6.07, 6.45) is 1.79. The third-order valence-electron chi connectivity index (χ3n) is 5.91. The van der Waals surface area contributed by atoms with Gasteiger partial charge in [0, 0.05) is 63.2 Å². The molecule has 1 aliphatic heterocycles. The number of aromatic nitrogens is 3. The molecular weight excluding hydrogens is 456 g/mol. The van der Waals surface area contributed by atoms with Gasteiger partial charge in [-0.05, 0) is 42.9 Å². The van der Waals surface area contributed by atoms with E-state index in [9.17, 15) is 8.78 Å². The number of hydrogen-bond donors (Lipinski definition) is 2. The number of pyridine rings is 2. The smallest absolute Gasteiger partial charge is 0.190 e. The summed E-state index contributed by atoms with van der Waals surface area (Å²) in [5, 5.41) is 6.87. The minimum Gasteiger partial charge on any atom is -0.373 e. The first-order chi connectivity index (χ1) is 16.5. The Kier molecular flexibility index (Phi) is 6.36. The van der Waals surface area contributed by atoms with Gasteiger partial charge in [0.25, 0.3) is 0 Å². The minimum atomic E-state index is -0.643. The van der Waals surface area contributed by atoms with Crippen molar-refractivity contribution in [2.24, 2.45) is 0 Å². The molecule has 0 amide bonds. The molecule has 1 fully saturated rings. The highest BCUT2D eigenvalue weighted by Gasteiger charge is 2.18. The Morgan fingerprint density at radius 1 is 0.971 bits per heavy atom. The Hall–Kier alpha value is -3.21. The molecule has 0 bridgehead atoms. The number of fused-ring (bicyclic) bond motifs is 1. The standard InChI is InChI=1S/C24H25F2N7S/c1-27-20-13-18(17-4-3-16(25)12-19(17)26)22-23(29-20)34-24(31-22)30-21-11-15(5-6-28-21)14-33-9-7-32(2)8-10-33/h3-6,11-13H,7-10,14H2,1-2H3,(H,27,29)(H,28,30,31). The summed E-state index contributed by atoms with van der Waals surface area (Å²) in [5.74, 6) is 0.00153. The maximum atomic E-state index is 14.6. The Labute approximate surface area is 200 Å². The summed E-state index contributed by atoms with van der Waals surface area (Å²) >= 11 is 1.36. The summed E-state index contributed by atoms with van der Waals surface area (Å²) in [6.45, 7) is 5.09. The normalized spacial score (nSPS) is 15.1. The molecule has 0 aliphatic carbocycles. The van der Waals surface area contributed by atoms with E-state index in [-0.39, 0.29) is 5.56 Å². The molecule has 4 aromatic rings. The zero-order valence-corrected chi connectivity index (χ0v) is 19.8. The number of benzene rings is 1. The Balaban J connectivity index is 1.43. The van der Waals surface area contributed by atoms with Gasteiger partial charge in [-0.15, -0.1) is 0 Å². The molecule has 1 aromatic carbocycles. The fraction of sp³-hybridized carbons (Fsp3) is 0.292. The number of anilines is 3. The van der Waals surface area contributed by atoms with Crippen LogP contribution in [0.25, 0.3) is 21.5 Å². The molecule has 5 rings (SSSR count). The van der Waals surface area contributed by atoms with E-state index >= 15 is 0 Å². The van der Waals surface area contributed by atoms with Crippen LogP contribution in [0, 0.1) is 11.6 Å². The molecule has 0 spiro atoms. The Bertz CT molecular complexity index is 1320. The fourth-order valence-electron chi connectivity index (χ4n) is 4.02. The lowest BCUT2D eigenvalue weighted by Crippen LogP contribution is -2.43. The monoisotopic (exact) mass is 481 g/mol. The second-order valence-electron chi connectivity index (χ2n) is 8.36. The zero-order chi connectivity index (χ0) is 23.7. The van der Waals surface area contributed by atoms with Crippen LogP contribution in [0.15, 0.2) is 42.6 Å². The third kappa shape index (κ3) is 4.84. The molecule has 10 heteroatoms. The summed E-state index contributed by atoms with van der Waals surface area (Å²) in [5.41, 5.74) is 2.54. The van der Waals surface area contributed by atoms with Crippen molar-refractivity contribution in [1.82, 2.24) is 24.8 Å². The molecule has 2 N–H and O–H groups in total. The van der Waals surface area contributed by atoms with Crippen LogP contribution in [0.3, 0.4) is 0 Å². The van der Waals surface area contributed by atoms with Crippen molar-refractivity contribution in [2.45, 2.75) is 6.54 Å². The van der Waals surface area contributed by atoms with Gasteiger partial charge in [0.1, 0.15) is 33.6 Å². The Morgan fingerprint density at radius 2 is 1.79 bits per heavy atom. The molecule has 0 saturated carbocycles. The van der Waals surface area contributed by atoms with Crippen LogP contribution in [-0.4, -0.2) is 65.0 Å². The van der Waals surface area contributed by atoms with E-state index < -0.39 is 11.6 Å². The van der Waals surface area contributed by atoms with Crippen LogP contribution in [0.5, 0.6) is 0 Å². The van der Waals surface area contributed by atoms with Crippen LogP contribution >= 0.6 is 11.3 Å². The van der Waals surface area contributed by atoms with Crippen LogP contribution in [0.1, 0.15) is 5.56 Å². The number of nitrogens with one attached hydrogen (secondary N) is 2. The zero-order valence-electron chi connectivity index (χ0n) is 19.0. The average Bonchev–Trinajstić information content (AvgIpc) is 3.22. The molecule has 4 heterocycles. The Morgan fingerprint density at radius 3 is 2.56 bits per heavy atom. The van der Waals surface area contributed by atoms with Gasteiger partial charge >= 0.3 is 0 Å². The molecule has 176 valence electrons. The van der Waals surface area contributed by atoms with Crippen LogP contribution in [-0.2, 0) is 6.54 Å². The third-order valence-corrected chi connectivity index (χ3v) is 6.77. The van der Waals surface area contributed by atoms with Gasteiger partial charge in [-0.2, -0.15) is 0 Å². The number of likely N-dealkylation sites (N-methyl/N-ethyl adjacent to an activating group) is 1. The van der Waals surface area contributed by atoms with Crippen LogP contribution in [0.2, 0.25) is 0 Å². The average molecular weight is 482 g/mol. The van der Waals surface area contributed by atoms with E-state index in [1.54, 1.807) is 19.3 Å². The van der Waals surface area contributed by atoms with Crippen molar-refractivity contribution in [3.8, 4) is 11.1 Å². The molecule has 3 aromatic heterocycles. The number of thiazole rings is 1. The first-order valence-electron chi connectivity index (χ1n) is 11.1. The molecule has 0 atom stereocenters. The summed E-state index contributed by atoms with van der Waals surface area (Å²) < 4.78 is 28.0. The highest BCUT2D eigenvalue weighted by molar-refractivity contribution is 7.21. The summed E-state index contributed by atoms with van der Waals surface area (Å²) in [7, 11) is 3.89. The summed E-state index contributed by atoms with van der Waals surface area (Å²) in [6, 6.07) is 9.31. The van der Waals surface area contributed by atoms with Crippen LogP contribution < -0.4 is 10.6 Å². The topological polar surface area (TPSA) is 69.2 Å². The number of hydrogen-bond acceptors (Lipinski definition) is 8. The van der Waals surface area contributed by atoms with Crippen LogP contribution in [0.4, 0.5) is 25.5 Å².